The summed E-state index contributed by atoms with van der Waals surface area (Å²) in [5.74, 6) is 1.18. The second kappa shape index (κ2) is 9.84. The summed E-state index contributed by atoms with van der Waals surface area (Å²) in [7, 11) is 4.67. The maximum Gasteiger partial charge on any atom is 0.266 e. The first-order chi connectivity index (χ1) is 14.9. The van der Waals surface area contributed by atoms with Crippen molar-refractivity contribution < 1.29 is 23.8 Å². The maximum atomic E-state index is 13.0. The van der Waals surface area contributed by atoms with Gasteiger partial charge in [-0.1, -0.05) is 30.0 Å². The van der Waals surface area contributed by atoms with Crippen LogP contribution in [0.25, 0.3) is 6.08 Å². The molecular weight excluding hydrogens is 436 g/mol. The van der Waals surface area contributed by atoms with Crippen molar-refractivity contribution in [3.05, 3.63) is 52.9 Å². The number of benzene rings is 2. The highest BCUT2D eigenvalue weighted by atomic mass is 32.2. The number of carbonyl (C=O) groups is 2. The Hall–Kier alpha value is -3.04. The molecule has 0 aliphatic carbocycles. The predicted molar refractivity (Wildman–Crippen MR) is 126 cm³/mol. The van der Waals surface area contributed by atoms with Gasteiger partial charge < -0.3 is 19.5 Å². The number of thioether (sulfide) groups is 1. The van der Waals surface area contributed by atoms with Crippen molar-refractivity contribution in [2.24, 2.45) is 0 Å². The highest BCUT2D eigenvalue weighted by Gasteiger charge is 2.38. The summed E-state index contributed by atoms with van der Waals surface area (Å²) < 4.78 is 16.0. The minimum absolute atomic E-state index is 0.317. The van der Waals surface area contributed by atoms with Crippen LogP contribution in [0.2, 0.25) is 0 Å². The van der Waals surface area contributed by atoms with Crippen LogP contribution in [0.4, 0.5) is 5.69 Å². The number of methoxy groups -OCH3 is 3. The first kappa shape index (κ1) is 22.6. The summed E-state index contributed by atoms with van der Waals surface area (Å²) in [6.45, 7) is 1.64. The molecule has 1 unspecified atom stereocenters. The van der Waals surface area contributed by atoms with Crippen LogP contribution in [-0.2, 0) is 9.59 Å². The van der Waals surface area contributed by atoms with E-state index in [1.54, 1.807) is 70.7 Å². The van der Waals surface area contributed by atoms with Crippen molar-refractivity contribution in [1.29, 1.82) is 0 Å². The third-order valence-electron chi connectivity index (χ3n) is 4.65. The maximum absolute atomic E-state index is 13.0. The van der Waals surface area contributed by atoms with E-state index in [1.807, 2.05) is 6.07 Å². The van der Waals surface area contributed by atoms with E-state index in [0.717, 1.165) is 17.3 Å². The average molecular weight is 459 g/mol. The molecule has 31 heavy (non-hydrogen) atoms. The molecule has 2 amide bonds. The summed E-state index contributed by atoms with van der Waals surface area (Å²) in [4.78, 5) is 27.4. The molecule has 0 radical (unpaired) electrons. The molecule has 1 aliphatic rings. The van der Waals surface area contributed by atoms with Gasteiger partial charge in [-0.05, 0) is 55.0 Å². The minimum atomic E-state index is -0.772. The molecule has 7 nitrogen and oxygen atoms in total. The number of nitrogens with zero attached hydrogens (tertiary/aromatic N) is 1. The highest BCUT2D eigenvalue weighted by molar-refractivity contribution is 8.26. The topological polar surface area (TPSA) is 77.1 Å². The monoisotopic (exact) mass is 458 g/mol. The number of amides is 2. The molecule has 1 heterocycles. The Bertz CT molecular complexity index is 1040. The quantitative estimate of drug-likeness (QED) is 0.497. The van der Waals surface area contributed by atoms with Gasteiger partial charge in [0.2, 0.25) is 5.91 Å². The SMILES string of the molecule is COc1ccc(NC(=O)C(C)N2C(=O)/C(=C/c3ccc(OC)c(OC)c3)SC2=S)cc1. The Morgan fingerprint density at radius 1 is 1.06 bits per heavy atom. The molecule has 0 spiro atoms. The van der Waals surface area contributed by atoms with Gasteiger partial charge in [-0.15, -0.1) is 0 Å². The average Bonchev–Trinajstić information content (AvgIpc) is 3.06. The van der Waals surface area contributed by atoms with E-state index in [0.29, 0.717) is 32.2 Å². The molecule has 9 heteroatoms. The summed E-state index contributed by atoms with van der Waals surface area (Å²) >= 11 is 6.54. The second-order valence-corrected chi connectivity index (χ2v) is 8.24. The molecule has 2 aromatic rings. The Morgan fingerprint density at radius 2 is 1.74 bits per heavy atom. The number of nitrogens with one attached hydrogen (secondary N) is 1. The van der Waals surface area contributed by atoms with Gasteiger partial charge in [0.05, 0.1) is 26.2 Å². The van der Waals surface area contributed by atoms with Gasteiger partial charge in [0.1, 0.15) is 16.1 Å². The number of thiocarbonyl (C=S) groups is 1. The second-order valence-electron chi connectivity index (χ2n) is 6.56. The van der Waals surface area contributed by atoms with Crippen LogP contribution in [0.5, 0.6) is 17.2 Å². The fraction of sp³-hybridized carbons (Fsp3) is 0.227. The van der Waals surface area contributed by atoms with Gasteiger partial charge in [0.15, 0.2) is 11.5 Å². The third kappa shape index (κ3) is 5.00. The Labute approximate surface area is 190 Å². The molecule has 2 aromatic carbocycles. The van der Waals surface area contributed by atoms with Gasteiger partial charge in [-0.3, -0.25) is 14.5 Å². The zero-order valence-corrected chi connectivity index (χ0v) is 19.1. The number of anilines is 1. The zero-order chi connectivity index (χ0) is 22.5. The van der Waals surface area contributed by atoms with Crippen LogP contribution >= 0.6 is 24.0 Å². The zero-order valence-electron chi connectivity index (χ0n) is 17.5. The Kier molecular flexibility index (Phi) is 7.19. The van der Waals surface area contributed by atoms with Crippen molar-refractivity contribution in [3.63, 3.8) is 0 Å². The van der Waals surface area contributed by atoms with Gasteiger partial charge in [0, 0.05) is 5.69 Å². The molecule has 162 valence electrons. The summed E-state index contributed by atoms with van der Waals surface area (Å²) in [5, 5.41) is 2.80. The van der Waals surface area contributed by atoms with E-state index < -0.39 is 6.04 Å². The van der Waals surface area contributed by atoms with Crippen LogP contribution in [-0.4, -0.2) is 48.4 Å². The van der Waals surface area contributed by atoms with Crippen molar-refractivity contribution in [1.82, 2.24) is 4.90 Å². The third-order valence-corrected chi connectivity index (χ3v) is 5.98. The predicted octanol–water partition coefficient (Wildman–Crippen LogP) is 3.94. The van der Waals surface area contributed by atoms with Gasteiger partial charge >= 0.3 is 0 Å². The normalized spacial score (nSPS) is 15.7. The van der Waals surface area contributed by atoms with Crippen LogP contribution < -0.4 is 19.5 Å². The van der Waals surface area contributed by atoms with E-state index in [9.17, 15) is 9.59 Å². The van der Waals surface area contributed by atoms with Crippen LogP contribution in [0.3, 0.4) is 0 Å². The van der Waals surface area contributed by atoms with Crippen molar-refractivity contribution in [3.8, 4) is 17.2 Å². The molecule has 0 aromatic heterocycles. The molecule has 0 saturated carbocycles. The van der Waals surface area contributed by atoms with E-state index in [4.69, 9.17) is 26.4 Å². The van der Waals surface area contributed by atoms with Gasteiger partial charge in [-0.25, -0.2) is 0 Å². The Morgan fingerprint density at radius 3 is 2.35 bits per heavy atom. The lowest BCUT2D eigenvalue weighted by atomic mass is 10.1. The van der Waals surface area contributed by atoms with E-state index in [2.05, 4.69) is 5.32 Å². The molecule has 1 saturated heterocycles. The van der Waals surface area contributed by atoms with E-state index in [-0.39, 0.29) is 11.8 Å². The molecule has 1 N–H and O–H groups in total. The molecule has 1 aliphatic heterocycles. The van der Waals surface area contributed by atoms with Gasteiger partial charge in [0.25, 0.3) is 5.91 Å². The van der Waals surface area contributed by atoms with Crippen LogP contribution in [0.15, 0.2) is 47.4 Å². The van der Waals surface area contributed by atoms with Crippen molar-refractivity contribution >= 4 is 51.9 Å². The Balaban J connectivity index is 1.75. The smallest absolute Gasteiger partial charge is 0.266 e. The number of carbonyl (C=O) groups excluding carboxylic acids is 2. The van der Waals surface area contributed by atoms with Crippen molar-refractivity contribution in [2.75, 3.05) is 26.6 Å². The van der Waals surface area contributed by atoms with E-state index in [1.165, 1.54) is 4.90 Å². The lowest BCUT2D eigenvalue weighted by Crippen LogP contribution is -2.44. The molecular formula is C22H22N2O5S2. The fourth-order valence-corrected chi connectivity index (χ4v) is 4.36. The highest BCUT2D eigenvalue weighted by Crippen LogP contribution is 2.35. The van der Waals surface area contributed by atoms with E-state index >= 15 is 0 Å². The fourth-order valence-electron chi connectivity index (χ4n) is 2.95. The lowest BCUT2D eigenvalue weighted by Gasteiger charge is -2.22. The van der Waals surface area contributed by atoms with Crippen LogP contribution in [0, 0.1) is 0 Å². The molecule has 3 rings (SSSR count). The number of hydrogen-bond donors (Lipinski definition) is 1. The standard InChI is InChI=1S/C22H22N2O5S2/c1-13(20(25)23-15-6-8-16(27-2)9-7-15)24-21(26)19(31-22(24)30)12-14-5-10-17(28-3)18(11-14)29-4/h5-13H,1-4H3,(H,23,25)/b19-12-. The summed E-state index contributed by atoms with van der Waals surface area (Å²) in [5.41, 5.74) is 1.36. The number of hydrogen-bond acceptors (Lipinski definition) is 7. The van der Waals surface area contributed by atoms with Crippen LogP contribution in [0.1, 0.15) is 12.5 Å². The summed E-state index contributed by atoms with van der Waals surface area (Å²) in [6, 6.07) is 11.5. The molecule has 0 bridgehead atoms. The molecule has 1 atom stereocenters. The lowest BCUT2D eigenvalue weighted by molar-refractivity contribution is -0.129. The largest absolute Gasteiger partial charge is 0.497 e. The summed E-state index contributed by atoms with van der Waals surface area (Å²) in [6.07, 6.45) is 1.72. The number of ether oxygens (including phenoxy) is 3. The van der Waals surface area contributed by atoms with Gasteiger partial charge in [-0.2, -0.15) is 0 Å². The van der Waals surface area contributed by atoms with Crippen molar-refractivity contribution in [2.45, 2.75) is 13.0 Å². The first-order valence-corrected chi connectivity index (χ1v) is 10.5. The molecule has 1 fully saturated rings. The number of rotatable bonds is 7. The first-order valence-electron chi connectivity index (χ1n) is 9.32. The minimum Gasteiger partial charge on any atom is -0.497 e.